The molecule has 0 heterocycles. The Bertz CT molecular complexity index is 614. The minimum Gasteiger partial charge on any atom is -0.330 e. The van der Waals surface area contributed by atoms with Crippen molar-refractivity contribution in [3.05, 3.63) is 63.2 Å². The molecular formula is C14H13ClN2O2. The van der Waals surface area contributed by atoms with Crippen LogP contribution >= 0.6 is 11.6 Å². The van der Waals surface area contributed by atoms with Gasteiger partial charge in [-0.15, -0.1) is 0 Å². The second-order valence-corrected chi connectivity index (χ2v) is 4.57. The molecule has 0 saturated heterocycles. The van der Waals surface area contributed by atoms with Crippen LogP contribution in [0.3, 0.4) is 0 Å². The molecule has 0 aliphatic heterocycles. The Kier molecular flexibility index (Phi) is 4.14. The summed E-state index contributed by atoms with van der Waals surface area (Å²) in [6, 6.07) is 12.3. The van der Waals surface area contributed by atoms with E-state index in [1.807, 2.05) is 24.3 Å². The number of non-ortho nitro benzene ring substituents is 1. The van der Waals surface area contributed by atoms with Crippen LogP contribution in [0.15, 0.2) is 42.5 Å². The van der Waals surface area contributed by atoms with E-state index in [9.17, 15) is 10.1 Å². The molecule has 4 nitrogen and oxygen atoms in total. The van der Waals surface area contributed by atoms with Crippen molar-refractivity contribution in [2.75, 3.05) is 6.54 Å². The summed E-state index contributed by atoms with van der Waals surface area (Å²) in [5.41, 5.74) is 8.36. The van der Waals surface area contributed by atoms with E-state index in [1.54, 1.807) is 6.07 Å². The van der Waals surface area contributed by atoms with E-state index in [2.05, 4.69) is 0 Å². The first-order valence-corrected chi connectivity index (χ1v) is 6.23. The molecule has 0 fully saturated rings. The molecule has 2 N–H and O–H groups in total. The average molecular weight is 277 g/mol. The standard InChI is InChI=1S/C14H13ClN2O2/c15-14-9-12(17(18)19)4-5-13(14)11-3-1-2-10(8-11)6-7-16/h1-5,8-9H,6-7,16H2. The van der Waals surface area contributed by atoms with Crippen LogP contribution in [-0.2, 0) is 6.42 Å². The van der Waals surface area contributed by atoms with E-state index < -0.39 is 4.92 Å². The molecule has 2 aromatic carbocycles. The third kappa shape index (κ3) is 3.10. The summed E-state index contributed by atoms with van der Waals surface area (Å²) in [6.45, 7) is 0.581. The lowest BCUT2D eigenvalue weighted by molar-refractivity contribution is -0.384. The predicted molar refractivity (Wildman–Crippen MR) is 76.3 cm³/mol. The topological polar surface area (TPSA) is 69.2 Å². The van der Waals surface area contributed by atoms with Gasteiger partial charge in [0.2, 0.25) is 0 Å². The first-order chi connectivity index (χ1) is 9.11. The molecule has 0 aromatic heterocycles. The molecule has 5 heteroatoms. The number of hydrogen-bond donors (Lipinski definition) is 1. The van der Waals surface area contributed by atoms with Gasteiger partial charge in [0.25, 0.3) is 5.69 Å². The van der Waals surface area contributed by atoms with Crippen molar-refractivity contribution in [1.29, 1.82) is 0 Å². The van der Waals surface area contributed by atoms with Crippen LogP contribution in [0, 0.1) is 10.1 Å². The second-order valence-electron chi connectivity index (χ2n) is 4.16. The fourth-order valence-electron chi connectivity index (χ4n) is 1.91. The van der Waals surface area contributed by atoms with Gasteiger partial charge in [-0.1, -0.05) is 35.9 Å². The van der Waals surface area contributed by atoms with Crippen LogP contribution in [0.1, 0.15) is 5.56 Å². The Morgan fingerprint density at radius 1 is 1.21 bits per heavy atom. The van der Waals surface area contributed by atoms with Crippen molar-refractivity contribution < 1.29 is 4.92 Å². The zero-order valence-electron chi connectivity index (χ0n) is 10.2. The van der Waals surface area contributed by atoms with Crippen LogP contribution in [0.25, 0.3) is 11.1 Å². The van der Waals surface area contributed by atoms with Gasteiger partial charge in [-0.2, -0.15) is 0 Å². The van der Waals surface area contributed by atoms with Crippen molar-refractivity contribution in [3.8, 4) is 11.1 Å². The molecule has 0 unspecified atom stereocenters. The second kappa shape index (κ2) is 5.82. The van der Waals surface area contributed by atoms with Gasteiger partial charge in [-0.25, -0.2) is 0 Å². The lowest BCUT2D eigenvalue weighted by Gasteiger charge is -2.06. The fraction of sp³-hybridized carbons (Fsp3) is 0.143. The maximum atomic E-state index is 10.7. The van der Waals surface area contributed by atoms with Crippen molar-refractivity contribution >= 4 is 17.3 Å². The number of nitro benzene ring substituents is 1. The Labute approximate surface area is 116 Å². The zero-order valence-corrected chi connectivity index (χ0v) is 10.9. The molecule has 2 aromatic rings. The third-order valence-corrected chi connectivity index (χ3v) is 3.15. The molecule has 0 spiro atoms. The van der Waals surface area contributed by atoms with Crippen molar-refractivity contribution in [2.45, 2.75) is 6.42 Å². The molecule has 0 radical (unpaired) electrons. The number of rotatable bonds is 4. The van der Waals surface area contributed by atoms with Gasteiger partial charge < -0.3 is 5.73 Å². The van der Waals surface area contributed by atoms with E-state index in [4.69, 9.17) is 17.3 Å². The predicted octanol–water partition coefficient (Wildman–Crippen LogP) is 3.42. The van der Waals surface area contributed by atoms with E-state index >= 15 is 0 Å². The van der Waals surface area contributed by atoms with Gasteiger partial charge in [0.05, 0.1) is 9.95 Å². The van der Waals surface area contributed by atoms with Crippen LogP contribution in [0.2, 0.25) is 5.02 Å². The van der Waals surface area contributed by atoms with E-state index in [-0.39, 0.29) is 5.69 Å². The quantitative estimate of drug-likeness (QED) is 0.687. The first kappa shape index (κ1) is 13.5. The average Bonchev–Trinajstić information content (AvgIpc) is 2.39. The molecule has 0 aliphatic rings. The SMILES string of the molecule is NCCc1cccc(-c2ccc([N+](=O)[O-])cc2Cl)c1. The lowest BCUT2D eigenvalue weighted by Crippen LogP contribution is -2.02. The van der Waals surface area contributed by atoms with Gasteiger partial charge in [0.15, 0.2) is 0 Å². The number of halogens is 1. The number of nitrogens with zero attached hydrogens (tertiary/aromatic N) is 1. The zero-order chi connectivity index (χ0) is 13.8. The molecular weight excluding hydrogens is 264 g/mol. The molecule has 0 atom stereocenters. The van der Waals surface area contributed by atoms with Crippen LogP contribution in [-0.4, -0.2) is 11.5 Å². The Balaban J connectivity index is 2.41. The van der Waals surface area contributed by atoms with Gasteiger partial charge in [-0.05, 0) is 30.2 Å². The highest BCUT2D eigenvalue weighted by Crippen LogP contribution is 2.31. The summed E-state index contributed by atoms with van der Waals surface area (Å²) in [4.78, 5) is 10.2. The van der Waals surface area contributed by atoms with Crippen molar-refractivity contribution in [3.63, 3.8) is 0 Å². The maximum Gasteiger partial charge on any atom is 0.270 e. The van der Waals surface area contributed by atoms with Gasteiger partial charge in [0.1, 0.15) is 0 Å². The summed E-state index contributed by atoms with van der Waals surface area (Å²) in [6.07, 6.45) is 0.790. The van der Waals surface area contributed by atoms with Gasteiger partial charge >= 0.3 is 0 Å². The van der Waals surface area contributed by atoms with Crippen LogP contribution < -0.4 is 5.73 Å². The summed E-state index contributed by atoms with van der Waals surface area (Å²) in [5, 5.41) is 11.0. The fourth-order valence-corrected chi connectivity index (χ4v) is 2.20. The van der Waals surface area contributed by atoms with E-state index in [0.29, 0.717) is 11.6 Å². The normalized spacial score (nSPS) is 10.4. The highest BCUT2D eigenvalue weighted by Gasteiger charge is 2.10. The molecule has 98 valence electrons. The van der Waals surface area contributed by atoms with Gasteiger partial charge in [0, 0.05) is 17.7 Å². The Hall–Kier alpha value is -1.91. The molecule has 19 heavy (non-hydrogen) atoms. The minimum atomic E-state index is -0.458. The number of benzene rings is 2. The molecule has 0 bridgehead atoms. The van der Waals surface area contributed by atoms with Crippen molar-refractivity contribution in [2.24, 2.45) is 5.73 Å². The van der Waals surface area contributed by atoms with Crippen LogP contribution in [0.4, 0.5) is 5.69 Å². The summed E-state index contributed by atoms with van der Waals surface area (Å²) < 4.78 is 0. The highest BCUT2D eigenvalue weighted by molar-refractivity contribution is 6.33. The van der Waals surface area contributed by atoms with E-state index in [0.717, 1.165) is 23.1 Å². The first-order valence-electron chi connectivity index (χ1n) is 5.85. The van der Waals surface area contributed by atoms with Crippen molar-refractivity contribution in [1.82, 2.24) is 0 Å². The van der Waals surface area contributed by atoms with Crippen LogP contribution in [0.5, 0.6) is 0 Å². The number of nitrogens with two attached hydrogens (primary N) is 1. The summed E-state index contributed by atoms with van der Waals surface area (Å²) >= 11 is 6.11. The summed E-state index contributed by atoms with van der Waals surface area (Å²) in [7, 11) is 0. The molecule has 0 aliphatic carbocycles. The van der Waals surface area contributed by atoms with E-state index in [1.165, 1.54) is 12.1 Å². The largest absolute Gasteiger partial charge is 0.330 e. The van der Waals surface area contributed by atoms with Gasteiger partial charge in [-0.3, -0.25) is 10.1 Å². The minimum absolute atomic E-state index is 0.00753. The Morgan fingerprint density at radius 3 is 2.63 bits per heavy atom. The summed E-state index contributed by atoms with van der Waals surface area (Å²) in [5.74, 6) is 0. The maximum absolute atomic E-state index is 10.7. The molecule has 2 rings (SSSR count). The highest BCUT2D eigenvalue weighted by atomic mass is 35.5. The molecule has 0 amide bonds. The lowest BCUT2D eigenvalue weighted by atomic mass is 10.0. The molecule has 0 saturated carbocycles. The third-order valence-electron chi connectivity index (χ3n) is 2.83. The monoisotopic (exact) mass is 276 g/mol. The number of nitro groups is 1. The smallest absolute Gasteiger partial charge is 0.270 e. The number of hydrogen-bond acceptors (Lipinski definition) is 3. The Morgan fingerprint density at radius 2 is 2.00 bits per heavy atom.